The Balaban J connectivity index is 1.36. The summed E-state index contributed by atoms with van der Waals surface area (Å²) in [5.41, 5.74) is 2.07. The van der Waals surface area contributed by atoms with Gasteiger partial charge in [-0.2, -0.15) is 13.2 Å². The SMILES string of the molecule is Cc1nc2nc([C@H]3CCO[C@@H](c4ccnc(N(C)C)c4)C3)nc(C34CC(C(F)(F)F)(C3)C4)c2nc1C. The molecular formula is C26H29F3N6O. The van der Waals surface area contributed by atoms with Gasteiger partial charge in [0, 0.05) is 38.2 Å². The maximum absolute atomic E-state index is 13.6. The summed E-state index contributed by atoms with van der Waals surface area (Å²) in [5, 5.41) is 0. The fourth-order valence-electron chi connectivity index (χ4n) is 6.16. The largest absolute Gasteiger partial charge is 0.394 e. The Morgan fingerprint density at radius 2 is 1.75 bits per heavy atom. The highest BCUT2D eigenvalue weighted by Crippen LogP contribution is 2.78. The molecule has 0 aromatic carbocycles. The second-order valence-corrected chi connectivity index (χ2v) is 11.0. The van der Waals surface area contributed by atoms with Crippen molar-refractivity contribution in [3.63, 3.8) is 0 Å². The van der Waals surface area contributed by atoms with Crippen molar-refractivity contribution in [1.29, 1.82) is 0 Å². The Labute approximate surface area is 207 Å². The van der Waals surface area contributed by atoms with Crippen LogP contribution in [-0.2, 0) is 10.2 Å². The number of anilines is 1. The molecule has 10 heteroatoms. The standard InChI is InChI=1S/C26H29F3N6O/c1-14-15(2)32-23-20(31-14)21(24-11-25(12-24,13-24)26(27,28)29)33-22(34-23)17-6-8-36-18(9-17)16-5-7-30-19(10-16)35(3)4/h5,7,10,17-18H,6,8-9,11-13H2,1-4H3/t17-,18+,24?,25?/m0/s1. The number of fused-ring (bicyclic) bond motifs is 1. The Bertz CT molecular complexity index is 1340. The quantitative estimate of drug-likeness (QED) is 0.494. The molecule has 2 bridgehead atoms. The molecule has 7 nitrogen and oxygen atoms in total. The van der Waals surface area contributed by atoms with E-state index in [9.17, 15) is 13.2 Å². The van der Waals surface area contributed by atoms with Gasteiger partial charge in [-0.1, -0.05) is 0 Å². The molecule has 0 radical (unpaired) electrons. The molecule has 2 atom stereocenters. The van der Waals surface area contributed by atoms with Crippen LogP contribution in [0.1, 0.15) is 72.6 Å². The van der Waals surface area contributed by atoms with E-state index in [1.54, 1.807) is 6.20 Å². The van der Waals surface area contributed by atoms with Crippen LogP contribution in [0.5, 0.6) is 0 Å². The summed E-state index contributed by atoms with van der Waals surface area (Å²) in [4.78, 5) is 25.5. The van der Waals surface area contributed by atoms with Gasteiger partial charge in [-0.05, 0) is 63.6 Å². The van der Waals surface area contributed by atoms with Crippen LogP contribution in [0.3, 0.4) is 0 Å². The molecule has 3 aromatic rings. The van der Waals surface area contributed by atoms with Gasteiger partial charge in [0.05, 0.1) is 28.6 Å². The van der Waals surface area contributed by atoms with Crippen molar-refractivity contribution in [2.24, 2.45) is 5.41 Å². The second kappa shape index (κ2) is 7.81. The number of aromatic nitrogens is 5. The number of pyridine rings is 1. The van der Waals surface area contributed by atoms with Gasteiger partial charge in [-0.15, -0.1) is 0 Å². The molecule has 4 fully saturated rings. The Hall–Kier alpha value is -2.88. The van der Waals surface area contributed by atoms with Gasteiger partial charge in [0.15, 0.2) is 5.65 Å². The van der Waals surface area contributed by atoms with Gasteiger partial charge in [0.2, 0.25) is 0 Å². The van der Waals surface area contributed by atoms with Crippen molar-refractivity contribution < 1.29 is 17.9 Å². The molecule has 7 rings (SSSR count). The Morgan fingerprint density at radius 3 is 2.44 bits per heavy atom. The summed E-state index contributed by atoms with van der Waals surface area (Å²) in [6.45, 7) is 4.28. The monoisotopic (exact) mass is 498 g/mol. The minimum absolute atomic E-state index is 0.00945. The summed E-state index contributed by atoms with van der Waals surface area (Å²) >= 11 is 0. The zero-order valence-corrected chi connectivity index (χ0v) is 20.9. The summed E-state index contributed by atoms with van der Waals surface area (Å²) < 4.78 is 46.9. The van der Waals surface area contributed by atoms with Crippen LogP contribution in [0.25, 0.3) is 11.2 Å². The molecule has 1 aliphatic heterocycles. The van der Waals surface area contributed by atoms with Crippen LogP contribution in [0.15, 0.2) is 18.3 Å². The zero-order valence-electron chi connectivity index (χ0n) is 20.9. The molecule has 4 aliphatic rings. The molecule has 3 saturated carbocycles. The van der Waals surface area contributed by atoms with Gasteiger partial charge in [0.25, 0.3) is 0 Å². The zero-order chi connectivity index (χ0) is 25.5. The minimum Gasteiger partial charge on any atom is -0.373 e. The van der Waals surface area contributed by atoms with Crippen molar-refractivity contribution >= 4 is 17.0 Å². The van der Waals surface area contributed by atoms with E-state index in [0.29, 0.717) is 35.7 Å². The maximum atomic E-state index is 13.6. The third kappa shape index (κ3) is 3.48. The first-order chi connectivity index (χ1) is 17.0. The number of rotatable bonds is 4. The normalized spacial score (nSPS) is 29.5. The van der Waals surface area contributed by atoms with Crippen molar-refractivity contribution in [1.82, 2.24) is 24.9 Å². The molecule has 0 amide bonds. The lowest BCUT2D eigenvalue weighted by atomic mass is 9.34. The van der Waals surface area contributed by atoms with Crippen molar-refractivity contribution in [3.8, 4) is 0 Å². The van der Waals surface area contributed by atoms with Gasteiger partial charge >= 0.3 is 6.18 Å². The molecule has 4 heterocycles. The topological polar surface area (TPSA) is 76.9 Å². The maximum Gasteiger partial charge on any atom is 0.394 e. The lowest BCUT2D eigenvalue weighted by molar-refractivity contribution is -0.337. The molecule has 1 saturated heterocycles. The number of hydrogen-bond acceptors (Lipinski definition) is 7. The number of ether oxygens (including phenoxy) is 1. The van der Waals surface area contributed by atoms with Crippen molar-refractivity contribution in [2.75, 3.05) is 25.6 Å². The third-order valence-electron chi connectivity index (χ3n) is 8.34. The molecule has 0 unspecified atom stereocenters. The van der Waals surface area contributed by atoms with E-state index in [4.69, 9.17) is 19.7 Å². The van der Waals surface area contributed by atoms with E-state index in [-0.39, 0.29) is 31.3 Å². The van der Waals surface area contributed by atoms with Gasteiger partial charge in [-0.25, -0.2) is 24.9 Å². The van der Waals surface area contributed by atoms with E-state index < -0.39 is 17.0 Å². The van der Waals surface area contributed by atoms with Crippen molar-refractivity contribution in [3.05, 3.63) is 46.8 Å². The summed E-state index contributed by atoms with van der Waals surface area (Å²) in [6.07, 6.45) is -0.892. The van der Waals surface area contributed by atoms with E-state index >= 15 is 0 Å². The molecule has 3 aromatic heterocycles. The van der Waals surface area contributed by atoms with E-state index in [2.05, 4.69) is 9.97 Å². The average molecular weight is 499 g/mol. The number of nitrogens with zero attached hydrogens (tertiary/aromatic N) is 6. The predicted octanol–water partition coefficient (Wildman–Crippen LogP) is 5.12. The molecule has 0 N–H and O–H groups in total. The lowest BCUT2D eigenvalue weighted by Crippen LogP contribution is -2.70. The fraction of sp³-hybridized carbons (Fsp3) is 0.577. The average Bonchev–Trinajstić information content (AvgIpc) is 2.77. The van der Waals surface area contributed by atoms with Gasteiger partial charge in [-0.3, -0.25) is 0 Å². The first kappa shape index (κ1) is 23.5. The predicted molar refractivity (Wildman–Crippen MR) is 128 cm³/mol. The van der Waals surface area contributed by atoms with E-state index in [1.807, 2.05) is 45.0 Å². The van der Waals surface area contributed by atoms with Crippen LogP contribution in [-0.4, -0.2) is 51.8 Å². The Kier molecular flexibility index (Phi) is 5.10. The third-order valence-corrected chi connectivity index (χ3v) is 8.34. The number of alkyl halides is 3. The van der Waals surface area contributed by atoms with Crippen LogP contribution in [0.4, 0.5) is 19.0 Å². The Morgan fingerprint density at radius 1 is 1.03 bits per heavy atom. The molecule has 190 valence electrons. The van der Waals surface area contributed by atoms with Crippen LogP contribution < -0.4 is 4.90 Å². The highest BCUT2D eigenvalue weighted by molar-refractivity contribution is 5.75. The highest BCUT2D eigenvalue weighted by Gasteiger charge is 2.79. The first-order valence-electron chi connectivity index (χ1n) is 12.4. The first-order valence-corrected chi connectivity index (χ1v) is 12.4. The van der Waals surface area contributed by atoms with E-state index in [1.165, 1.54) is 0 Å². The van der Waals surface area contributed by atoms with Crippen LogP contribution in [0, 0.1) is 19.3 Å². The number of hydrogen-bond donors (Lipinski definition) is 0. The smallest absolute Gasteiger partial charge is 0.373 e. The van der Waals surface area contributed by atoms with Crippen LogP contribution in [0.2, 0.25) is 0 Å². The van der Waals surface area contributed by atoms with Crippen molar-refractivity contribution in [2.45, 2.75) is 69.6 Å². The minimum atomic E-state index is -4.18. The van der Waals surface area contributed by atoms with E-state index in [0.717, 1.165) is 29.2 Å². The van der Waals surface area contributed by atoms with Gasteiger partial charge in [0.1, 0.15) is 17.2 Å². The van der Waals surface area contributed by atoms with Crippen LogP contribution >= 0.6 is 0 Å². The number of halogens is 3. The highest BCUT2D eigenvalue weighted by atomic mass is 19.4. The summed E-state index contributed by atoms with van der Waals surface area (Å²) in [6, 6.07) is 3.98. The summed E-state index contributed by atoms with van der Waals surface area (Å²) in [7, 11) is 3.89. The fourth-order valence-corrected chi connectivity index (χ4v) is 6.16. The molecule has 3 aliphatic carbocycles. The number of aryl methyl sites for hydroxylation is 2. The lowest BCUT2D eigenvalue weighted by Gasteiger charge is -2.70. The van der Waals surface area contributed by atoms with Gasteiger partial charge < -0.3 is 9.64 Å². The molecule has 36 heavy (non-hydrogen) atoms. The molecular weight excluding hydrogens is 469 g/mol. The second-order valence-electron chi connectivity index (χ2n) is 11.0. The summed E-state index contributed by atoms with van der Waals surface area (Å²) in [5.74, 6) is 1.50. The molecule has 0 spiro atoms.